The maximum absolute atomic E-state index is 12.1. The number of ether oxygens (including phenoxy) is 1. The molecular formula is C17H25N3O3. The summed E-state index contributed by atoms with van der Waals surface area (Å²) in [7, 11) is 1.61. The molecule has 2 rings (SSSR count). The number of nitrogens with one attached hydrogen (secondary N) is 2. The fraction of sp³-hybridized carbons (Fsp3) is 0.529. The number of carbonyl (C=O) groups is 2. The topological polar surface area (TPSA) is 93.5 Å². The Morgan fingerprint density at radius 2 is 1.96 bits per heavy atom. The second-order valence-electron chi connectivity index (χ2n) is 5.88. The molecule has 0 aromatic heterocycles. The molecule has 4 N–H and O–H groups in total. The van der Waals surface area contributed by atoms with Crippen molar-refractivity contribution in [2.45, 2.75) is 25.8 Å². The first-order valence-electron chi connectivity index (χ1n) is 8.01. The number of amides is 2. The second-order valence-corrected chi connectivity index (χ2v) is 5.88. The summed E-state index contributed by atoms with van der Waals surface area (Å²) in [4.78, 5) is 23.9. The van der Waals surface area contributed by atoms with Crippen LogP contribution in [0.2, 0.25) is 0 Å². The van der Waals surface area contributed by atoms with Gasteiger partial charge in [-0.25, -0.2) is 0 Å². The number of hydrogen-bond acceptors (Lipinski definition) is 4. The van der Waals surface area contributed by atoms with Crippen LogP contribution in [0.4, 0.5) is 0 Å². The van der Waals surface area contributed by atoms with E-state index in [0.717, 1.165) is 30.6 Å². The third-order valence-electron chi connectivity index (χ3n) is 4.37. The van der Waals surface area contributed by atoms with Crippen molar-refractivity contribution >= 4 is 11.8 Å². The van der Waals surface area contributed by atoms with Crippen LogP contribution in [-0.2, 0) is 16.1 Å². The molecule has 1 aliphatic carbocycles. The van der Waals surface area contributed by atoms with Crippen LogP contribution in [-0.4, -0.2) is 32.0 Å². The first-order chi connectivity index (χ1) is 11.1. The largest absolute Gasteiger partial charge is 0.497 e. The van der Waals surface area contributed by atoms with Crippen molar-refractivity contribution in [1.29, 1.82) is 0 Å². The summed E-state index contributed by atoms with van der Waals surface area (Å²) in [6.45, 7) is 0.956. The van der Waals surface area contributed by atoms with Crippen molar-refractivity contribution in [3.8, 4) is 5.75 Å². The quantitative estimate of drug-likeness (QED) is 0.693. The number of carbonyl (C=O) groups excluding carboxylic acids is 2. The fourth-order valence-electron chi connectivity index (χ4n) is 2.97. The van der Waals surface area contributed by atoms with E-state index in [1.165, 1.54) is 0 Å². The molecule has 126 valence electrons. The van der Waals surface area contributed by atoms with E-state index in [4.69, 9.17) is 10.5 Å². The van der Waals surface area contributed by atoms with Crippen molar-refractivity contribution in [2.24, 2.45) is 17.6 Å². The summed E-state index contributed by atoms with van der Waals surface area (Å²) in [5.41, 5.74) is 6.66. The average molecular weight is 319 g/mol. The molecule has 2 atom stereocenters. The van der Waals surface area contributed by atoms with Crippen molar-refractivity contribution in [1.82, 2.24) is 10.6 Å². The van der Waals surface area contributed by atoms with E-state index in [1.807, 2.05) is 24.3 Å². The highest BCUT2D eigenvalue weighted by Crippen LogP contribution is 2.30. The van der Waals surface area contributed by atoms with Crippen LogP contribution < -0.4 is 21.1 Å². The van der Waals surface area contributed by atoms with Gasteiger partial charge in [0, 0.05) is 12.5 Å². The van der Waals surface area contributed by atoms with Gasteiger partial charge in [-0.1, -0.05) is 18.6 Å². The first kappa shape index (κ1) is 17.3. The highest BCUT2D eigenvalue weighted by atomic mass is 16.5. The zero-order valence-electron chi connectivity index (χ0n) is 13.5. The first-order valence-corrected chi connectivity index (χ1v) is 8.01. The summed E-state index contributed by atoms with van der Waals surface area (Å²) in [5, 5.41) is 5.51. The lowest BCUT2D eigenvalue weighted by atomic mass is 9.95. The molecule has 0 spiro atoms. The summed E-state index contributed by atoms with van der Waals surface area (Å²) in [6, 6.07) is 7.47. The molecule has 0 bridgehead atoms. The Kier molecular flexibility index (Phi) is 6.40. The number of nitrogens with two attached hydrogens (primary N) is 1. The molecule has 23 heavy (non-hydrogen) atoms. The molecule has 0 unspecified atom stereocenters. The van der Waals surface area contributed by atoms with Crippen LogP contribution in [0.3, 0.4) is 0 Å². The third-order valence-corrected chi connectivity index (χ3v) is 4.37. The molecule has 0 heterocycles. The van der Waals surface area contributed by atoms with Crippen LogP contribution in [0.15, 0.2) is 24.3 Å². The van der Waals surface area contributed by atoms with Gasteiger partial charge in [0.1, 0.15) is 5.75 Å². The number of hydrogen-bond donors (Lipinski definition) is 3. The molecule has 6 nitrogen and oxygen atoms in total. The predicted molar refractivity (Wildman–Crippen MR) is 87.7 cm³/mol. The minimum absolute atomic E-state index is 0.00276. The van der Waals surface area contributed by atoms with E-state index in [-0.39, 0.29) is 30.2 Å². The van der Waals surface area contributed by atoms with E-state index in [1.54, 1.807) is 7.11 Å². The fourth-order valence-corrected chi connectivity index (χ4v) is 2.97. The SMILES string of the molecule is COc1ccc(CNC(=O)CNC(=O)[C@@H]2CCC[C@@H]2CN)cc1. The summed E-state index contributed by atoms with van der Waals surface area (Å²) < 4.78 is 5.08. The van der Waals surface area contributed by atoms with Gasteiger partial charge in [-0.2, -0.15) is 0 Å². The highest BCUT2D eigenvalue weighted by molar-refractivity contribution is 5.86. The van der Waals surface area contributed by atoms with Crippen LogP contribution in [0.5, 0.6) is 5.75 Å². The molecule has 1 saturated carbocycles. The molecule has 2 amide bonds. The second kappa shape index (κ2) is 8.53. The molecule has 0 aliphatic heterocycles. The standard InChI is InChI=1S/C17H25N3O3/c1-23-14-7-5-12(6-8-14)10-19-16(21)11-20-17(22)15-4-2-3-13(15)9-18/h5-8,13,15H,2-4,9-11,18H2,1H3,(H,19,21)(H,20,22)/t13-,15-/m1/s1. The summed E-state index contributed by atoms with van der Waals surface area (Å²) in [6.07, 6.45) is 2.89. The molecule has 1 aromatic carbocycles. The minimum Gasteiger partial charge on any atom is -0.497 e. The zero-order chi connectivity index (χ0) is 16.7. The maximum Gasteiger partial charge on any atom is 0.239 e. The summed E-state index contributed by atoms with van der Waals surface area (Å²) in [5.74, 6) is 0.721. The smallest absolute Gasteiger partial charge is 0.239 e. The Bertz CT molecular complexity index is 530. The number of benzene rings is 1. The molecule has 6 heteroatoms. The van der Waals surface area contributed by atoms with Crippen molar-refractivity contribution in [3.05, 3.63) is 29.8 Å². The van der Waals surface area contributed by atoms with E-state index < -0.39 is 0 Å². The van der Waals surface area contributed by atoms with Crippen molar-refractivity contribution in [2.75, 3.05) is 20.2 Å². The lowest BCUT2D eigenvalue weighted by Crippen LogP contribution is -2.41. The highest BCUT2D eigenvalue weighted by Gasteiger charge is 2.31. The zero-order valence-corrected chi connectivity index (χ0v) is 13.5. The molecular weight excluding hydrogens is 294 g/mol. The molecule has 0 saturated heterocycles. The van der Waals surface area contributed by atoms with Gasteiger partial charge in [-0.05, 0) is 43.0 Å². The van der Waals surface area contributed by atoms with Crippen LogP contribution in [0, 0.1) is 11.8 Å². The Balaban J connectivity index is 1.71. The monoisotopic (exact) mass is 319 g/mol. The Morgan fingerprint density at radius 3 is 2.61 bits per heavy atom. The normalized spacial score (nSPS) is 20.1. The van der Waals surface area contributed by atoms with E-state index in [0.29, 0.717) is 13.1 Å². The maximum atomic E-state index is 12.1. The van der Waals surface area contributed by atoms with E-state index in [2.05, 4.69) is 10.6 Å². The van der Waals surface area contributed by atoms with Gasteiger partial charge in [0.2, 0.25) is 11.8 Å². The Morgan fingerprint density at radius 1 is 1.22 bits per heavy atom. The van der Waals surface area contributed by atoms with Crippen molar-refractivity contribution < 1.29 is 14.3 Å². The predicted octanol–water partition coefficient (Wildman–Crippen LogP) is 0.803. The minimum atomic E-state index is -0.198. The summed E-state index contributed by atoms with van der Waals surface area (Å²) >= 11 is 0. The average Bonchev–Trinajstić information content (AvgIpc) is 3.07. The van der Waals surface area contributed by atoms with Crippen molar-refractivity contribution in [3.63, 3.8) is 0 Å². The van der Waals surface area contributed by atoms with Gasteiger partial charge in [0.05, 0.1) is 13.7 Å². The number of rotatable bonds is 7. The van der Waals surface area contributed by atoms with Gasteiger partial charge in [-0.3, -0.25) is 9.59 Å². The number of methoxy groups -OCH3 is 1. The Labute approximate surface area is 136 Å². The molecule has 1 aromatic rings. The van der Waals surface area contributed by atoms with Gasteiger partial charge < -0.3 is 21.1 Å². The molecule has 1 fully saturated rings. The molecule has 0 radical (unpaired) electrons. The lowest BCUT2D eigenvalue weighted by molar-refractivity contribution is -0.129. The third kappa shape index (κ3) is 4.96. The van der Waals surface area contributed by atoms with E-state index >= 15 is 0 Å². The van der Waals surface area contributed by atoms with Gasteiger partial charge in [0.25, 0.3) is 0 Å². The van der Waals surface area contributed by atoms with Crippen LogP contribution in [0.25, 0.3) is 0 Å². The molecule has 1 aliphatic rings. The van der Waals surface area contributed by atoms with Crippen LogP contribution in [0.1, 0.15) is 24.8 Å². The van der Waals surface area contributed by atoms with Gasteiger partial charge >= 0.3 is 0 Å². The van der Waals surface area contributed by atoms with Crippen LogP contribution >= 0.6 is 0 Å². The van der Waals surface area contributed by atoms with Gasteiger partial charge in [-0.15, -0.1) is 0 Å². The Hall–Kier alpha value is -2.08. The lowest BCUT2D eigenvalue weighted by Gasteiger charge is -2.17. The van der Waals surface area contributed by atoms with Gasteiger partial charge in [0.15, 0.2) is 0 Å². The van der Waals surface area contributed by atoms with E-state index in [9.17, 15) is 9.59 Å².